The average molecular weight is 337 g/mol. The Morgan fingerprint density at radius 2 is 1.82 bits per heavy atom. The van der Waals surface area contributed by atoms with Gasteiger partial charge in [-0.3, -0.25) is 4.18 Å². The molecule has 0 N–H and O–H groups in total. The fraction of sp³-hybridized carbons (Fsp3) is 0.929. The molecule has 1 aliphatic rings. The van der Waals surface area contributed by atoms with E-state index < -0.39 is 15.7 Å². The van der Waals surface area contributed by atoms with Crippen LogP contribution in [0.3, 0.4) is 0 Å². The van der Waals surface area contributed by atoms with Crippen LogP contribution in [0.1, 0.15) is 40.5 Å². The van der Waals surface area contributed by atoms with Gasteiger partial charge in [0.15, 0.2) is 0 Å². The van der Waals surface area contributed by atoms with E-state index in [4.69, 9.17) is 13.7 Å². The Kier molecular flexibility index (Phi) is 6.64. The van der Waals surface area contributed by atoms with Gasteiger partial charge in [-0.2, -0.15) is 8.42 Å². The quantitative estimate of drug-likeness (QED) is 0.711. The Bertz CT molecular complexity index is 462. The van der Waals surface area contributed by atoms with Crippen LogP contribution in [0.4, 0.5) is 4.79 Å². The molecule has 8 heteroatoms. The molecule has 0 aromatic heterocycles. The van der Waals surface area contributed by atoms with E-state index in [1.165, 1.54) is 0 Å². The molecule has 1 aliphatic heterocycles. The van der Waals surface area contributed by atoms with Gasteiger partial charge in [-0.25, -0.2) is 4.79 Å². The lowest BCUT2D eigenvalue weighted by Crippen LogP contribution is -2.44. The van der Waals surface area contributed by atoms with Crippen molar-refractivity contribution in [2.24, 2.45) is 0 Å². The van der Waals surface area contributed by atoms with Crippen molar-refractivity contribution in [3.8, 4) is 0 Å². The number of ether oxygens (including phenoxy) is 2. The van der Waals surface area contributed by atoms with Gasteiger partial charge in [-0.05, 0) is 40.5 Å². The van der Waals surface area contributed by atoms with Gasteiger partial charge in [0, 0.05) is 13.1 Å². The molecule has 1 amide bonds. The summed E-state index contributed by atoms with van der Waals surface area (Å²) in [6, 6.07) is 0. The molecule has 0 radical (unpaired) electrons. The second-order valence-electron chi connectivity index (χ2n) is 6.60. The van der Waals surface area contributed by atoms with E-state index in [9.17, 15) is 13.2 Å². The number of likely N-dealkylation sites (tertiary alicyclic amines) is 1. The second kappa shape index (κ2) is 7.61. The minimum absolute atomic E-state index is 0.00292. The summed E-state index contributed by atoms with van der Waals surface area (Å²) in [5.41, 5.74) is -0.498. The summed E-state index contributed by atoms with van der Waals surface area (Å²) in [7, 11) is -3.45. The highest BCUT2D eigenvalue weighted by Gasteiger charge is 2.28. The first-order valence-electron chi connectivity index (χ1n) is 7.44. The molecule has 0 aromatic carbocycles. The summed E-state index contributed by atoms with van der Waals surface area (Å²) >= 11 is 0. The topological polar surface area (TPSA) is 82.1 Å². The molecule has 1 unspecified atom stereocenters. The number of hydrogen-bond donors (Lipinski definition) is 0. The summed E-state index contributed by atoms with van der Waals surface area (Å²) in [6.45, 7) is 8.42. The largest absolute Gasteiger partial charge is 0.444 e. The number of hydrogen-bond acceptors (Lipinski definition) is 6. The molecule has 22 heavy (non-hydrogen) atoms. The van der Waals surface area contributed by atoms with Crippen molar-refractivity contribution >= 4 is 16.2 Å². The number of piperidine rings is 1. The molecular formula is C14H27NO6S. The molecular weight excluding hydrogens is 310 g/mol. The average Bonchev–Trinajstić information content (AvgIpc) is 2.34. The van der Waals surface area contributed by atoms with Crippen LogP contribution in [-0.4, -0.2) is 63.2 Å². The molecule has 1 rings (SSSR count). The predicted octanol–water partition coefficient (Wildman–Crippen LogP) is 1.77. The maximum absolute atomic E-state index is 11.9. The predicted molar refractivity (Wildman–Crippen MR) is 82.2 cm³/mol. The van der Waals surface area contributed by atoms with E-state index in [0.29, 0.717) is 25.9 Å². The third-order valence-corrected chi connectivity index (χ3v) is 3.60. The molecule has 0 saturated carbocycles. The fourth-order valence-corrected chi connectivity index (χ4v) is 2.53. The molecule has 1 fully saturated rings. The maximum atomic E-state index is 11.9. The number of nitrogens with zero attached hydrogens (tertiary/aromatic N) is 1. The van der Waals surface area contributed by atoms with Crippen LogP contribution in [0, 0.1) is 0 Å². The first-order chi connectivity index (χ1) is 9.96. The number of rotatable bonds is 5. The molecule has 1 heterocycles. The van der Waals surface area contributed by atoms with Crippen molar-refractivity contribution in [2.45, 2.75) is 58.3 Å². The lowest BCUT2D eigenvalue weighted by molar-refractivity contribution is -0.0522. The van der Waals surface area contributed by atoms with Gasteiger partial charge in [0.2, 0.25) is 0 Å². The van der Waals surface area contributed by atoms with Gasteiger partial charge in [-0.1, -0.05) is 0 Å². The van der Waals surface area contributed by atoms with Crippen LogP contribution >= 0.6 is 0 Å². The minimum Gasteiger partial charge on any atom is -0.444 e. The van der Waals surface area contributed by atoms with E-state index in [1.807, 2.05) is 20.8 Å². The molecule has 0 aliphatic carbocycles. The van der Waals surface area contributed by atoms with Crippen molar-refractivity contribution < 1.29 is 26.9 Å². The fourth-order valence-electron chi connectivity index (χ4n) is 2.09. The van der Waals surface area contributed by atoms with Gasteiger partial charge >= 0.3 is 6.09 Å². The Balaban J connectivity index is 2.32. The van der Waals surface area contributed by atoms with Crippen molar-refractivity contribution in [3.63, 3.8) is 0 Å². The monoisotopic (exact) mass is 337 g/mol. The zero-order valence-corrected chi connectivity index (χ0v) is 14.8. The van der Waals surface area contributed by atoms with Crippen LogP contribution in [0.15, 0.2) is 0 Å². The van der Waals surface area contributed by atoms with Crippen LogP contribution in [0.5, 0.6) is 0 Å². The normalized spacial score (nSPS) is 19.0. The molecule has 7 nitrogen and oxygen atoms in total. The van der Waals surface area contributed by atoms with Crippen LogP contribution in [0.25, 0.3) is 0 Å². The lowest BCUT2D eigenvalue weighted by Gasteiger charge is -2.34. The van der Waals surface area contributed by atoms with E-state index >= 15 is 0 Å². The lowest BCUT2D eigenvalue weighted by atomic mass is 10.1. The summed E-state index contributed by atoms with van der Waals surface area (Å²) in [4.78, 5) is 13.6. The molecule has 0 bridgehead atoms. The number of amides is 1. The van der Waals surface area contributed by atoms with Crippen molar-refractivity contribution in [1.29, 1.82) is 0 Å². The summed E-state index contributed by atoms with van der Waals surface area (Å²) < 4.78 is 37.6. The van der Waals surface area contributed by atoms with Crippen LogP contribution in [-0.2, 0) is 23.8 Å². The van der Waals surface area contributed by atoms with Gasteiger partial charge in [-0.15, -0.1) is 0 Å². The SMILES string of the molecule is CC(COS(C)(=O)=O)OC1CCN(C(=O)OC(C)(C)C)CC1. The second-order valence-corrected chi connectivity index (χ2v) is 8.25. The van der Waals surface area contributed by atoms with Gasteiger partial charge in [0.1, 0.15) is 5.60 Å². The maximum Gasteiger partial charge on any atom is 0.410 e. The Morgan fingerprint density at radius 3 is 2.27 bits per heavy atom. The van der Waals surface area contributed by atoms with Crippen molar-refractivity contribution in [2.75, 3.05) is 26.0 Å². The number of carbonyl (C=O) groups excluding carboxylic acids is 1. The van der Waals surface area contributed by atoms with E-state index in [-0.39, 0.29) is 24.9 Å². The van der Waals surface area contributed by atoms with Gasteiger partial charge in [0.05, 0.1) is 25.1 Å². The standard InChI is InChI=1S/C14H27NO6S/c1-11(10-19-22(5,17)18)20-12-6-8-15(9-7-12)13(16)21-14(2,3)4/h11-12H,6-10H2,1-5H3. The highest BCUT2D eigenvalue weighted by Crippen LogP contribution is 2.18. The van der Waals surface area contributed by atoms with E-state index in [0.717, 1.165) is 6.26 Å². The molecule has 1 atom stereocenters. The first-order valence-corrected chi connectivity index (χ1v) is 9.26. The van der Waals surface area contributed by atoms with Crippen LogP contribution in [0.2, 0.25) is 0 Å². The van der Waals surface area contributed by atoms with Crippen molar-refractivity contribution in [1.82, 2.24) is 4.90 Å². The zero-order valence-electron chi connectivity index (χ0n) is 14.0. The van der Waals surface area contributed by atoms with Crippen molar-refractivity contribution in [3.05, 3.63) is 0 Å². The molecule has 0 spiro atoms. The highest BCUT2D eigenvalue weighted by atomic mass is 32.2. The number of carbonyl (C=O) groups is 1. The first kappa shape index (κ1) is 19.2. The van der Waals surface area contributed by atoms with Gasteiger partial charge < -0.3 is 14.4 Å². The molecule has 1 saturated heterocycles. The Labute approximate surface area is 133 Å². The van der Waals surface area contributed by atoms with Crippen LogP contribution < -0.4 is 0 Å². The summed E-state index contributed by atoms with van der Waals surface area (Å²) in [6.07, 6.45) is 1.79. The Morgan fingerprint density at radius 1 is 1.27 bits per heavy atom. The molecule has 130 valence electrons. The highest BCUT2D eigenvalue weighted by molar-refractivity contribution is 7.85. The Hall–Kier alpha value is -0.860. The third kappa shape index (κ3) is 7.95. The summed E-state index contributed by atoms with van der Waals surface area (Å²) in [5, 5.41) is 0. The zero-order chi connectivity index (χ0) is 17.0. The smallest absolute Gasteiger partial charge is 0.410 e. The summed E-state index contributed by atoms with van der Waals surface area (Å²) in [5.74, 6) is 0. The minimum atomic E-state index is -3.45. The van der Waals surface area contributed by atoms with E-state index in [1.54, 1.807) is 11.8 Å². The van der Waals surface area contributed by atoms with E-state index in [2.05, 4.69) is 0 Å². The molecule has 0 aromatic rings. The third-order valence-electron chi connectivity index (χ3n) is 3.04. The van der Waals surface area contributed by atoms with Gasteiger partial charge in [0.25, 0.3) is 10.1 Å².